The summed E-state index contributed by atoms with van der Waals surface area (Å²) in [7, 11) is 2.20. The topological polar surface area (TPSA) is 50.5 Å². The summed E-state index contributed by atoms with van der Waals surface area (Å²) < 4.78 is 5.67. The maximum absolute atomic E-state index is 6.02. The Morgan fingerprint density at radius 2 is 2.24 bits per heavy atom. The van der Waals surface area contributed by atoms with E-state index in [9.17, 15) is 0 Å². The van der Waals surface area contributed by atoms with Crippen LogP contribution in [0.2, 0.25) is 0 Å². The molecule has 0 aromatic rings. The van der Waals surface area contributed by atoms with Crippen molar-refractivity contribution >= 4 is 0 Å². The minimum absolute atomic E-state index is 0.150. The van der Waals surface area contributed by atoms with Crippen LogP contribution in [0.4, 0.5) is 0 Å². The first-order valence-electron chi connectivity index (χ1n) is 6.99. The van der Waals surface area contributed by atoms with Crippen LogP contribution >= 0.6 is 0 Å². The van der Waals surface area contributed by atoms with E-state index >= 15 is 0 Å². The van der Waals surface area contributed by atoms with Gasteiger partial charge in [0, 0.05) is 25.2 Å². The van der Waals surface area contributed by atoms with Gasteiger partial charge >= 0.3 is 0 Å². The summed E-state index contributed by atoms with van der Waals surface area (Å²) in [4.78, 5) is 2.41. The molecule has 3 N–H and O–H groups in total. The molecule has 4 heteroatoms. The van der Waals surface area contributed by atoms with E-state index in [4.69, 9.17) is 10.5 Å². The highest BCUT2D eigenvalue weighted by Gasteiger charge is 2.31. The van der Waals surface area contributed by atoms with Crippen molar-refractivity contribution in [1.82, 2.24) is 10.2 Å². The largest absolute Gasteiger partial charge is 0.377 e. The van der Waals surface area contributed by atoms with Gasteiger partial charge in [0.1, 0.15) is 0 Å². The van der Waals surface area contributed by atoms with Gasteiger partial charge < -0.3 is 20.7 Å². The average molecular weight is 241 g/mol. The smallest absolute Gasteiger partial charge is 0.0700 e. The third kappa shape index (κ3) is 3.65. The van der Waals surface area contributed by atoms with Crippen molar-refractivity contribution in [3.05, 3.63) is 0 Å². The van der Waals surface area contributed by atoms with Gasteiger partial charge in [-0.3, -0.25) is 0 Å². The van der Waals surface area contributed by atoms with Crippen molar-refractivity contribution in [3.63, 3.8) is 0 Å². The highest BCUT2D eigenvalue weighted by Crippen LogP contribution is 2.22. The summed E-state index contributed by atoms with van der Waals surface area (Å²) in [5.74, 6) is 0. The molecule has 4 nitrogen and oxygen atoms in total. The first-order valence-corrected chi connectivity index (χ1v) is 6.99. The fraction of sp³-hybridized carbons (Fsp3) is 1.00. The number of nitrogens with two attached hydrogens (primary N) is 1. The number of hydrogen-bond acceptors (Lipinski definition) is 4. The lowest BCUT2D eigenvalue weighted by molar-refractivity contribution is 0.0989. The van der Waals surface area contributed by atoms with E-state index in [0.29, 0.717) is 6.10 Å². The molecule has 0 aromatic carbocycles. The van der Waals surface area contributed by atoms with Gasteiger partial charge in [-0.2, -0.15) is 0 Å². The lowest BCUT2D eigenvalue weighted by atomic mass is 9.90. The molecule has 17 heavy (non-hydrogen) atoms. The molecular formula is C13H27N3O. The van der Waals surface area contributed by atoms with Crippen LogP contribution in [0.5, 0.6) is 0 Å². The zero-order chi connectivity index (χ0) is 12.1. The molecule has 0 aliphatic carbocycles. The summed E-state index contributed by atoms with van der Waals surface area (Å²) >= 11 is 0. The lowest BCUT2D eigenvalue weighted by Gasteiger charge is -2.34. The summed E-state index contributed by atoms with van der Waals surface area (Å²) in [6.07, 6.45) is 6.43. The van der Waals surface area contributed by atoms with Crippen LogP contribution < -0.4 is 11.1 Å². The second-order valence-corrected chi connectivity index (χ2v) is 5.66. The minimum atomic E-state index is 0.150. The van der Waals surface area contributed by atoms with Crippen molar-refractivity contribution in [3.8, 4) is 0 Å². The van der Waals surface area contributed by atoms with Gasteiger partial charge in [-0.05, 0) is 52.2 Å². The first kappa shape index (κ1) is 13.3. The molecule has 0 amide bonds. The van der Waals surface area contributed by atoms with Crippen molar-refractivity contribution in [2.75, 3.05) is 39.8 Å². The summed E-state index contributed by atoms with van der Waals surface area (Å²) in [5, 5.41) is 3.71. The molecule has 100 valence electrons. The Bertz CT molecular complexity index is 231. The quantitative estimate of drug-likeness (QED) is 0.755. The predicted octanol–water partition coefficient (Wildman–Crippen LogP) is 0.568. The minimum Gasteiger partial charge on any atom is -0.377 e. The second-order valence-electron chi connectivity index (χ2n) is 5.66. The van der Waals surface area contributed by atoms with Crippen LogP contribution in [-0.2, 0) is 4.74 Å². The summed E-state index contributed by atoms with van der Waals surface area (Å²) in [5.41, 5.74) is 6.17. The van der Waals surface area contributed by atoms with E-state index in [2.05, 4.69) is 17.3 Å². The Morgan fingerprint density at radius 1 is 1.35 bits per heavy atom. The van der Waals surface area contributed by atoms with Crippen molar-refractivity contribution in [1.29, 1.82) is 0 Å². The van der Waals surface area contributed by atoms with Crippen molar-refractivity contribution in [2.24, 2.45) is 5.73 Å². The van der Waals surface area contributed by atoms with E-state index in [1.165, 1.54) is 32.2 Å². The fourth-order valence-corrected chi connectivity index (χ4v) is 2.92. The zero-order valence-corrected chi connectivity index (χ0v) is 11.1. The number of hydrogen-bond donors (Lipinski definition) is 2. The van der Waals surface area contributed by atoms with E-state index in [-0.39, 0.29) is 5.54 Å². The molecule has 0 bridgehead atoms. The predicted molar refractivity (Wildman–Crippen MR) is 70.1 cm³/mol. The first-order chi connectivity index (χ1) is 8.24. The van der Waals surface area contributed by atoms with Gasteiger partial charge in [-0.25, -0.2) is 0 Å². The number of ether oxygens (including phenoxy) is 1. The van der Waals surface area contributed by atoms with Gasteiger partial charge in [0.2, 0.25) is 0 Å². The molecule has 2 heterocycles. The van der Waals surface area contributed by atoms with Crippen molar-refractivity contribution in [2.45, 2.75) is 43.7 Å². The third-order valence-corrected chi connectivity index (χ3v) is 4.29. The molecule has 2 aliphatic rings. The molecule has 0 saturated carbocycles. The monoisotopic (exact) mass is 241 g/mol. The van der Waals surface area contributed by atoms with Gasteiger partial charge in [0.15, 0.2) is 0 Å². The Balaban J connectivity index is 1.84. The second kappa shape index (κ2) is 6.14. The number of likely N-dealkylation sites (tertiary alicyclic amines) is 1. The molecule has 2 unspecified atom stereocenters. The van der Waals surface area contributed by atoms with Crippen molar-refractivity contribution < 1.29 is 4.74 Å². The highest BCUT2D eigenvalue weighted by molar-refractivity contribution is 4.92. The maximum Gasteiger partial charge on any atom is 0.0700 e. The molecule has 2 rings (SSSR count). The molecular weight excluding hydrogens is 214 g/mol. The fourth-order valence-electron chi connectivity index (χ4n) is 2.92. The Hall–Kier alpha value is -0.160. The van der Waals surface area contributed by atoms with Gasteiger partial charge in [0.05, 0.1) is 6.10 Å². The van der Waals surface area contributed by atoms with Gasteiger partial charge in [-0.15, -0.1) is 0 Å². The highest BCUT2D eigenvalue weighted by atomic mass is 16.5. The van der Waals surface area contributed by atoms with Crippen LogP contribution in [0, 0.1) is 0 Å². The molecule has 2 saturated heterocycles. The summed E-state index contributed by atoms with van der Waals surface area (Å²) in [6, 6.07) is 0. The Labute approximate surface area is 105 Å². The van der Waals surface area contributed by atoms with Gasteiger partial charge in [0.25, 0.3) is 0 Å². The van der Waals surface area contributed by atoms with E-state index in [1.54, 1.807) is 0 Å². The van der Waals surface area contributed by atoms with E-state index in [0.717, 1.165) is 32.7 Å². The molecule has 0 radical (unpaired) electrons. The Morgan fingerprint density at radius 3 is 2.94 bits per heavy atom. The number of nitrogens with one attached hydrogen (secondary N) is 1. The standard InChI is InChI=1S/C13H27N3O/c1-16-7-3-5-13(11-14,6-8-16)15-10-12-4-2-9-17-12/h12,15H,2-11,14H2,1H3. The Kier molecular flexibility index (Phi) is 4.79. The van der Waals surface area contributed by atoms with Crippen LogP contribution in [0.1, 0.15) is 32.1 Å². The van der Waals surface area contributed by atoms with E-state index < -0.39 is 0 Å². The zero-order valence-electron chi connectivity index (χ0n) is 11.1. The molecule has 2 fully saturated rings. The summed E-state index contributed by atoms with van der Waals surface area (Å²) in [6.45, 7) is 5.00. The van der Waals surface area contributed by atoms with Crippen LogP contribution in [0.3, 0.4) is 0 Å². The molecule has 2 aliphatic heterocycles. The third-order valence-electron chi connectivity index (χ3n) is 4.29. The van der Waals surface area contributed by atoms with Crippen LogP contribution in [0.25, 0.3) is 0 Å². The molecule has 0 aromatic heterocycles. The van der Waals surface area contributed by atoms with Gasteiger partial charge in [-0.1, -0.05) is 0 Å². The maximum atomic E-state index is 6.02. The van der Waals surface area contributed by atoms with E-state index in [1.807, 2.05) is 0 Å². The SMILES string of the molecule is CN1CCCC(CN)(NCC2CCCO2)CC1. The van der Waals surface area contributed by atoms with Crippen LogP contribution in [-0.4, -0.2) is 56.4 Å². The van der Waals surface area contributed by atoms with Crippen LogP contribution in [0.15, 0.2) is 0 Å². The molecule has 2 atom stereocenters. The normalized spacial score (nSPS) is 36.0. The average Bonchev–Trinajstić information content (AvgIpc) is 2.79. The number of nitrogens with zero attached hydrogens (tertiary/aromatic N) is 1. The molecule has 0 spiro atoms. The lowest BCUT2D eigenvalue weighted by Crippen LogP contribution is -2.53. The number of rotatable bonds is 4.